The van der Waals surface area contributed by atoms with Gasteiger partial charge in [0.25, 0.3) is 0 Å². The van der Waals surface area contributed by atoms with Crippen molar-refractivity contribution < 1.29 is 13.6 Å². The summed E-state index contributed by atoms with van der Waals surface area (Å²) in [6.45, 7) is 2.86. The van der Waals surface area contributed by atoms with Crippen LogP contribution in [0.15, 0.2) is 30.9 Å². The quantitative estimate of drug-likeness (QED) is 0.673. The second-order valence-electron chi connectivity index (χ2n) is 7.86. The molecule has 9 heteroatoms. The van der Waals surface area contributed by atoms with Crippen molar-refractivity contribution in [1.29, 1.82) is 0 Å². The van der Waals surface area contributed by atoms with Crippen molar-refractivity contribution in [3.63, 3.8) is 0 Å². The van der Waals surface area contributed by atoms with E-state index in [9.17, 15) is 13.6 Å². The molecule has 0 radical (unpaired) electrons. The molecular formula is C20H20F2N6O. The number of carbonyl (C=O) groups is 1. The van der Waals surface area contributed by atoms with Gasteiger partial charge in [-0.25, -0.2) is 23.7 Å². The molecule has 4 heterocycles. The zero-order chi connectivity index (χ0) is 20.1. The van der Waals surface area contributed by atoms with Crippen LogP contribution in [0.5, 0.6) is 0 Å². The van der Waals surface area contributed by atoms with E-state index in [1.54, 1.807) is 17.6 Å². The van der Waals surface area contributed by atoms with E-state index in [0.29, 0.717) is 24.9 Å². The molecule has 29 heavy (non-hydrogen) atoms. The highest BCUT2D eigenvalue weighted by atomic mass is 19.1. The Labute approximate surface area is 166 Å². The molecule has 0 aliphatic carbocycles. The van der Waals surface area contributed by atoms with Crippen molar-refractivity contribution in [2.24, 2.45) is 18.9 Å². The summed E-state index contributed by atoms with van der Waals surface area (Å²) in [5.74, 6) is 0.0756. The molecule has 0 bridgehead atoms. The summed E-state index contributed by atoms with van der Waals surface area (Å²) in [6, 6.07) is 3.34. The van der Waals surface area contributed by atoms with Crippen molar-refractivity contribution in [3.8, 4) is 0 Å². The predicted octanol–water partition coefficient (Wildman–Crippen LogP) is 1.78. The van der Waals surface area contributed by atoms with Crippen LogP contribution < -0.4 is 4.90 Å². The SMILES string of the molecule is Cn1cnc2c(N3CC4CN(C(=O)Cc5ccc(F)cc5F)CC4C3)ncnc21. The first-order valence-electron chi connectivity index (χ1n) is 9.58. The first kappa shape index (κ1) is 18.0. The Morgan fingerprint density at radius 2 is 1.86 bits per heavy atom. The van der Waals surface area contributed by atoms with Gasteiger partial charge < -0.3 is 14.4 Å². The number of imidazole rings is 1. The predicted molar refractivity (Wildman–Crippen MR) is 102 cm³/mol. The van der Waals surface area contributed by atoms with Gasteiger partial charge in [-0.05, 0) is 11.6 Å². The molecule has 150 valence electrons. The highest BCUT2D eigenvalue weighted by Gasteiger charge is 2.42. The van der Waals surface area contributed by atoms with Crippen LogP contribution in [0, 0.1) is 23.5 Å². The maximum Gasteiger partial charge on any atom is 0.227 e. The Bertz CT molecular complexity index is 1090. The molecule has 7 nitrogen and oxygen atoms in total. The number of nitrogens with zero attached hydrogens (tertiary/aromatic N) is 6. The van der Waals surface area contributed by atoms with E-state index >= 15 is 0 Å². The number of halogens is 2. The lowest BCUT2D eigenvalue weighted by molar-refractivity contribution is -0.129. The summed E-state index contributed by atoms with van der Waals surface area (Å²) >= 11 is 0. The van der Waals surface area contributed by atoms with E-state index in [1.165, 1.54) is 12.1 Å². The fourth-order valence-corrected chi connectivity index (χ4v) is 4.47. The van der Waals surface area contributed by atoms with Gasteiger partial charge >= 0.3 is 0 Å². The van der Waals surface area contributed by atoms with Gasteiger partial charge in [0.1, 0.15) is 18.0 Å². The summed E-state index contributed by atoms with van der Waals surface area (Å²) < 4.78 is 28.8. The van der Waals surface area contributed by atoms with Crippen molar-refractivity contribution in [1.82, 2.24) is 24.4 Å². The molecule has 0 spiro atoms. The average molecular weight is 398 g/mol. The van der Waals surface area contributed by atoms with Crippen LogP contribution in [0.3, 0.4) is 0 Å². The molecule has 2 aliphatic heterocycles. The fourth-order valence-electron chi connectivity index (χ4n) is 4.47. The highest BCUT2D eigenvalue weighted by Crippen LogP contribution is 2.35. The molecule has 2 saturated heterocycles. The van der Waals surface area contributed by atoms with E-state index < -0.39 is 11.6 Å². The monoisotopic (exact) mass is 398 g/mol. The lowest BCUT2D eigenvalue weighted by atomic mass is 10.0. The number of anilines is 1. The zero-order valence-corrected chi connectivity index (χ0v) is 15.9. The Hall–Kier alpha value is -3.10. The average Bonchev–Trinajstić information content (AvgIpc) is 3.37. The topological polar surface area (TPSA) is 67.2 Å². The summed E-state index contributed by atoms with van der Waals surface area (Å²) in [5.41, 5.74) is 1.81. The molecule has 2 fully saturated rings. The second kappa shape index (κ2) is 6.75. The van der Waals surface area contributed by atoms with Gasteiger partial charge in [0, 0.05) is 51.1 Å². The smallest absolute Gasteiger partial charge is 0.227 e. The van der Waals surface area contributed by atoms with E-state index in [2.05, 4.69) is 19.9 Å². The van der Waals surface area contributed by atoms with Crippen molar-refractivity contribution in [2.45, 2.75) is 6.42 Å². The molecule has 1 amide bonds. The van der Waals surface area contributed by atoms with Gasteiger partial charge in [0.2, 0.25) is 5.91 Å². The number of aromatic nitrogens is 4. The van der Waals surface area contributed by atoms with Gasteiger partial charge in [-0.1, -0.05) is 6.07 Å². The summed E-state index contributed by atoms with van der Waals surface area (Å²) in [5, 5.41) is 0. The molecule has 0 saturated carbocycles. The van der Waals surface area contributed by atoms with E-state index in [1.807, 2.05) is 11.6 Å². The third-order valence-corrected chi connectivity index (χ3v) is 5.97. The van der Waals surface area contributed by atoms with E-state index in [4.69, 9.17) is 0 Å². The number of fused-ring (bicyclic) bond motifs is 2. The molecule has 3 aromatic rings. The number of likely N-dealkylation sites (tertiary alicyclic amines) is 1. The first-order chi connectivity index (χ1) is 14.0. The van der Waals surface area contributed by atoms with Crippen LogP contribution in [-0.2, 0) is 18.3 Å². The van der Waals surface area contributed by atoms with Crippen LogP contribution in [0.2, 0.25) is 0 Å². The number of benzene rings is 1. The summed E-state index contributed by atoms with van der Waals surface area (Å²) in [7, 11) is 1.90. The summed E-state index contributed by atoms with van der Waals surface area (Å²) in [6.07, 6.45) is 3.24. The molecule has 2 unspecified atom stereocenters. The zero-order valence-electron chi connectivity index (χ0n) is 15.9. The largest absolute Gasteiger partial charge is 0.354 e. The minimum absolute atomic E-state index is 0.0459. The maximum absolute atomic E-state index is 13.9. The number of rotatable bonds is 3. The van der Waals surface area contributed by atoms with E-state index in [-0.39, 0.29) is 17.9 Å². The maximum atomic E-state index is 13.9. The molecule has 5 rings (SSSR count). The fraction of sp³-hybridized carbons (Fsp3) is 0.400. The number of amides is 1. The number of aryl methyl sites for hydroxylation is 1. The lowest BCUT2D eigenvalue weighted by Crippen LogP contribution is -2.34. The van der Waals surface area contributed by atoms with Crippen molar-refractivity contribution >= 4 is 22.9 Å². The van der Waals surface area contributed by atoms with Crippen LogP contribution in [-0.4, -0.2) is 56.5 Å². The van der Waals surface area contributed by atoms with Gasteiger partial charge in [-0.3, -0.25) is 4.79 Å². The Balaban J connectivity index is 1.26. The highest BCUT2D eigenvalue weighted by molar-refractivity contribution is 5.83. The third kappa shape index (κ3) is 3.10. The van der Waals surface area contributed by atoms with E-state index in [0.717, 1.165) is 36.1 Å². The van der Waals surface area contributed by atoms with Crippen LogP contribution in [0.1, 0.15) is 5.56 Å². The standard InChI is InChI=1S/C20H20F2N6O/c1-26-11-25-18-19(26)23-10-24-20(18)28-8-13-6-27(7-14(13)9-28)17(29)4-12-2-3-15(21)5-16(12)22/h2-3,5,10-11,13-14H,4,6-9H2,1H3. The molecule has 1 aromatic carbocycles. The lowest BCUT2D eigenvalue weighted by Gasteiger charge is -2.22. The molecule has 2 aromatic heterocycles. The summed E-state index contributed by atoms with van der Waals surface area (Å²) in [4.78, 5) is 29.8. The van der Waals surface area contributed by atoms with Crippen molar-refractivity contribution in [3.05, 3.63) is 48.1 Å². The molecule has 2 aliphatic rings. The van der Waals surface area contributed by atoms with Gasteiger partial charge in [0.05, 0.1) is 12.7 Å². The minimum atomic E-state index is -0.674. The van der Waals surface area contributed by atoms with Crippen LogP contribution in [0.4, 0.5) is 14.6 Å². The van der Waals surface area contributed by atoms with Gasteiger partial charge in [0.15, 0.2) is 17.0 Å². The first-order valence-corrected chi connectivity index (χ1v) is 9.58. The Morgan fingerprint density at radius 1 is 1.10 bits per heavy atom. The van der Waals surface area contributed by atoms with Gasteiger partial charge in [-0.15, -0.1) is 0 Å². The Morgan fingerprint density at radius 3 is 2.59 bits per heavy atom. The Kier molecular flexibility index (Phi) is 4.18. The normalized spacial score (nSPS) is 21.2. The number of carbonyl (C=O) groups excluding carboxylic acids is 1. The number of hydrogen-bond donors (Lipinski definition) is 0. The second-order valence-corrected chi connectivity index (χ2v) is 7.86. The molecule has 0 N–H and O–H groups in total. The molecule has 2 atom stereocenters. The van der Waals surface area contributed by atoms with Crippen LogP contribution in [0.25, 0.3) is 11.2 Å². The van der Waals surface area contributed by atoms with Crippen LogP contribution >= 0.6 is 0 Å². The van der Waals surface area contributed by atoms with Gasteiger partial charge in [-0.2, -0.15) is 0 Å². The third-order valence-electron chi connectivity index (χ3n) is 5.97. The minimum Gasteiger partial charge on any atom is -0.354 e. The number of hydrogen-bond acceptors (Lipinski definition) is 5. The van der Waals surface area contributed by atoms with Crippen molar-refractivity contribution in [2.75, 3.05) is 31.1 Å². The molecular weight excluding hydrogens is 378 g/mol.